The number of aliphatic imine (C=N–C) groups is 1. The average molecular weight is 305 g/mol. The summed E-state index contributed by atoms with van der Waals surface area (Å²) < 4.78 is 1.08. The van der Waals surface area contributed by atoms with E-state index in [0.29, 0.717) is 5.84 Å². The SMILES string of the molecule is CC(C)(C)C(N)=Nc1ccc(Br)c2ccccc12. The molecule has 0 heterocycles. The van der Waals surface area contributed by atoms with Crippen molar-refractivity contribution in [2.45, 2.75) is 20.8 Å². The van der Waals surface area contributed by atoms with Crippen molar-refractivity contribution in [2.24, 2.45) is 16.1 Å². The number of nitrogens with two attached hydrogens (primary N) is 1. The molecule has 0 fully saturated rings. The van der Waals surface area contributed by atoms with Crippen molar-refractivity contribution in [3.05, 3.63) is 40.9 Å². The Labute approximate surface area is 116 Å². The van der Waals surface area contributed by atoms with Crippen LogP contribution in [0.15, 0.2) is 45.9 Å². The summed E-state index contributed by atoms with van der Waals surface area (Å²) in [5.74, 6) is 0.648. The average Bonchev–Trinajstić information content (AvgIpc) is 2.32. The van der Waals surface area contributed by atoms with Crippen molar-refractivity contribution in [1.29, 1.82) is 0 Å². The van der Waals surface area contributed by atoms with E-state index in [4.69, 9.17) is 5.73 Å². The summed E-state index contributed by atoms with van der Waals surface area (Å²) in [5, 5.41) is 2.26. The Morgan fingerprint density at radius 3 is 2.28 bits per heavy atom. The third-order valence-electron chi connectivity index (χ3n) is 2.86. The maximum Gasteiger partial charge on any atom is 0.105 e. The quantitative estimate of drug-likeness (QED) is 0.605. The van der Waals surface area contributed by atoms with Gasteiger partial charge in [-0.05, 0) is 17.5 Å². The Morgan fingerprint density at radius 1 is 1.06 bits per heavy atom. The Kier molecular flexibility index (Phi) is 3.44. The predicted molar refractivity (Wildman–Crippen MR) is 82.4 cm³/mol. The van der Waals surface area contributed by atoms with E-state index in [-0.39, 0.29) is 5.41 Å². The number of amidine groups is 1. The third kappa shape index (κ3) is 2.56. The highest BCUT2D eigenvalue weighted by Gasteiger charge is 2.16. The molecule has 18 heavy (non-hydrogen) atoms. The fraction of sp³-hybridized carbons (Fsp3) is 0.267. The van der Waals surface area contributed by atoms with E-state index >= 15 is 0 Å². The van der Waals surface area contributed by atoms with Crippen LogP contribution in [0.5, 0.6) is 0 Å². The first-order chi connectivity index (χ1) is 8.39. The summed E-state index contributed by atoms with van der Waals surface area (Å²) in [4.78, 5) is 4.57. The predicted octanol–water partition coefficient (Wildman–Crippen LogP) is 4.64. The largest absolute Gasteiger partial charge is 0.387 e. The van der Waals surface area contributed by atoms with Gasteiger partial charge in [0.1, 0.15) is 5.84 Å². The van der Waals surface area contributed by atoms with Gasteiger partial charge in [0, 0.05) is 15.3 Å². The fourth-order valence-electron chi connectivity index (χ4n) is 1.64. The van der Waals surface area contributed by atoms with Crippen LogP contribution in [-0.4, -0.2) is 5.84 Å². The molecule has 0 saturated heterocycles. The molecule has 0 unspecified atom stereocenters. The number of halogens is 1. The molecule has 0 aliphatic carbocycles. The molecule has 0 aliphatic rings. The number of fused-ring (bicyclic) bond motifs is 1. The first-order valence-electron chi connectivity index (χ1n) is 5.91. The lowest BCUT2D eigenvalue weighted by atomic mass is 9.95. The van der Waals surface area contributed by atoms with Gasteiger partial charge in [0.25, 0.3) is 0 Å². The second kappa shape index (κ2) is 4.73. The lowest BCUT2D eigenvalue weighted by molar-refractivity contribution is 0.585. The Hall–Kier alpha value is -1.35. The highest BCUT2D eigenvalue weighted by Crippen LogP contribution is 2.32. The van der Waals surface area contributed by atoms with Crippen molar-refractivity contribution in [1.82, 2.24) is 0 Å². The first-order valence-corrected chi connectivity index (χ1v) is 6.71. The third-order valence-corrected chi connectivity index (χ3v) is 3.55. The van der Waals surface area contributed by atoms with Gasteiger partial charge in [-0.2, -0.15) is 0 Å². The first kappa shape index (κ1) is 13.1. The molecule has 0 amide bonds. The Bertz CT molecular complexity index is 609. The molecule has 2 rings (SSSR count). The zero-order valence-electron chi connectivity index (χ0n) is 10.9. The van der Waals surface area contributed by atoms with E-state index in [1.54, 1.807) is 0 Å². The second-order valence-corrected chi connectivity index (χ2v) is 6.21. The topological polar surface area (TPSA) is 38.4 Å². The molecule has 0 radical (unpaired) electrons. The summed E-state index contributed by atoms with van der Waals surface area (Å²) in [6, 6.07) is 12.2. The number of nitrogens with zero attached hydrogens (tertiary/aromatic N) is 1. The van der Waals surface area contributed by atoms with Crippen LogP contribution in [0, 0.1) is 5.41 Å². The molecule has 0 aliphatic heterocycles. The van der Waals surface area contributed by atoms with Crippen LogP contribution >= 0.6 is 15.9 Å². The molecule has 0 atom stereocenters. The van der Waals surface area contributed by atoms with Gasteiger partial charge < -0.3 is 5.73 Å². The van der Waals surface area contributed by atoms with Gasteiger partial charge in [-0.1, -0.05) is 61.0 Å². The molecule has 0 aromatic heterocycles. The van der Waals surface area contributed by atoms with E-state index < -0.39 is 0 Å². The summed E-state index contributed by atoms with van der Waals surface area (Å²) in [6.45, 7) is 6.19. The van der Waals surface area contributed by atoms with Gasteiger partial charge in [-0.25, -0.2) is 4.99 Å². The number of benzene rings is 2. The van der Waals surface area contributed by atoms with Gasteiger partial charge in [0.2, 0.25) is 0 Å². The minimum Gasteiger partial charge on any atom is -0.387 e. The monoisotopic (exact) mass is 304 g/mol. The normalized spacial score (nSPS) is 13.0. The van der Waals surface area contributed by atoms with Gasteiger partial charge >= 0.3 is 0 Å². The molecule has 0 spiro atoms. The highest BCUT2D eigenvalue weighted by molar-refractivity contribution is 9.10. The molecule has 2 nitrogen and oxygen atoms in total. The highest BCUT2D eigenvalue weighted by atomic mass is 79.9. The van der Waals surface area contributed by atoms with E-state index in [9.17, 15) is 0 Å². The number of hydrogen-bond acceptors (Lipinski definition) is 1. The van der Waals surface area contributed by atoms with Gasteiger partial charge in [-0.15, -0.1) is 0 Å². The van der Waals surface area contributed by atoms with Crippen LogP contribution < -0.4 is 5.73 Å². The maximum absolute atomic E-state index is 6.05. The van der Waals surface area contributed by atoms with Crippen molar-refractivity contribution in [3.8, 4) is 0 Å². The van der Waals surface area contributed by atoms with Crippen molar-refractivity contribution >= 4 is 38.2 Å². The maximum atomic E-state index is 6.05. The molecule has 2 N–H and O–H groups in total. The van der Waals surface area contributed by atoms with E-state index in [0.717, 1.165) is 20.9 Å². The molecular weight excluding hydrogens is 288 g/mol. The van der Waals surface area contributed by atoms with Crippen LogP contribution in [-0.2, 0) is 0 Å². The lowest BCUT2D eigenvalue weighted by Crippen LogP contribution is -2.28. The van der Waals surface area contributed by atoms with E-state index in [2.05, 4.69) is 53.8 Å². The molecule has 2 aromatic carbocycles. The number of rotatable bonds is 1. The zero-order valence-corrected chi connectivity index (χ0v) is 12.5. The van der Waals surface area contributed by atoms with E-state index in [1.807, 2.05) is 24.3 Å². The van der Waals surface area contributed by atoms with E-state index in [1.165, 1.54) is 0 Å². The lowest BCUT2D eigenvalue weighted by Gasteiger charge is -2.17. The van der Waals surface area contributed by atoms with Crippen LogP contribution in [0.2, 0.25) is 0 Å². The molecular formula is C15H17BrN2. The number of hydrogen-bond donors (Lipinski definition) is 1. The summed E-state index contributed by atoms with van der Waals surface area (Å²) in [6.07, 6.45) is 0. The van der Waals surface area contributed by atoms with Crippen molar-refractivity contribution < 1.29 is 0 Å². The van der Waals surface area contributed by atoms with Gasteiger partial charge in [0.05, 0.1) is 5.69 Å². The summed E-state index contributed by atoms with van der Waals surface area (Å²) in [5.41, 5.74) is 6.85. The van der Waals surface area contributed by atoms with Gasteiger partial charge in [0.15, 0.2) is 0 Å². The standard InChI is InChI=1S/C15H17BrN2/c1-15(2,3)14(17)18-13-9-8-12(16)10-6-4-5-7-11(10)13/h4-9H,1-3H3,(H2,17,18). The summed E-state index contributed by atoms with van der Waals surface area (Å²) >= 11 is 3.56. The van der Waals surface area contributed by atoms with Crippen LogP contribution in [0.1, 0.15) is 20.8 Å². The van der Waals surface area contributed by atoms with Crippen LogP contribution in [0.3, 0.4) is 0 Å². The second-order valence-electron chi connectivity index (χ2n) is 5.36. The van der Waals surface area contributed by atoms with Gasteiger partial charge in [-0.3, -0.25) is 0 Å². The minimum atomic E-state index is -0.117. The van der Waals surface area contributed by atoms with Crippen molar-refractivity contribution in [3.63, 3.8) is 0 Å². The molecule has 94 valence electrons. The molecule has 0 bridgehead atoms. The zero-order chi connectivity index (χ0) is 13.3. The molecule has 3 heteroatoms. The smallest absolute Gasteiger partial charge is 0.105 e. The van der Waals surface area contributed by atoms with Crippen LogP contribution in [0.4, 0.5) is 5.69 Å². The van der Waals surface area contributed by atoms with Crippen LogP contribution in [0.25, 0.3) is 10.8 Å². The van der Waals surface area contributed by atoms with Crippen molar-refractivity contribution in [2.75, 3.05) is 0 Å². The summed E-state index contributed by atoms with van der Waals surface area (Å²) in [7, 11) is 0. The Balaban J connectivity index is 2.63. The molecule has 0 saturated carbocycles. The Morgan fingerprint density at radius 2 is 1.67 bits per heavy atom. The minimum absolute atomic E-state index is 0.117. The molecule has 2 aromatic rings. The fourth-order valence-corrected chi connectivity index (χ4v) is 2.12.